The van der Waals surface area contributed by atoms with Crippen LogP contribution >= 0.6 is 12.6 Å². The molecule has 0 atom stereocenters. The molecule has 0 aliphatic carbocycles. The molecule has 226 valence electrons. The predicted molar refractivity (Wildman–Crippen MR) is 170 cm³/mol. The van der Waals surface area contributed by atoms with Crippen molar-refractivity contribution in [3.8, 4) is 22.6 Å². The summed E-state index contributed by atoms with van der Waals surface area (Å²) in [5, 5.41) is 0. The smallest absolute Gasteiger partial charge is 0.494 e. The molecule has 0 saturated heterocycles. The Morgan fingerprint density at radius 3 is 1.43 bits per heavy atom. The van der Waals surface area contributed by atoms with E-state index in [2.05, 4.69) is 49.0 Å². The third kappa shape index (κ3) is 14.4. The van der Waals surface area contributed by atoms with Gasteiger partial charge in [0.2, 0.25) is 0 Å². The van der Waals surface area contributed by atoms with Gasteiger partial charge in [-0.2, -0.15) is 12.6 Å². The maximum absolute atomic E-state index is 5.95. The van der Waals surface area contributed by atoms with E-state index in [1.54, 1.807) is 0 Å². The molecule has 0 aromatic heterocycles. The Balaban J connectivity index is 1.48. The van der Waals surface area contributed by atoms with Gasteiger partial charge in [-0.25, -0.2) is 0 Å². The molecule has 0 saturated carbocycles. The van der Waals surface area contributed by atoms with Crippen molar-refractivity contribution in [1.29, 1.82) is 0 Å². The van der Waals surface area contributed by atoms with Crippen molar-refractivity contribution < 1.29 is 27.5 Å². The minimum absolute atomic E-state index is 0.621. The number of rotatable bonds is 25. The van der Waals surface area contributed by atoms with E-state index < -0.39 is 8.80 Å². The van der Waals surface area contributed by atoms with Crippen molar-refractivity contribution in [3.63, 3.8) is 0 Å². The fourth-order valence-corrected chi connectivity index (χ4v) is 7.15. The van der Waals surface area contributed by atoms with Gasteiger partial charge < -0.3 is 27.5 Å². The molecule has 2 aromatic carbocycles. The highest BCUT2D eigenvalue weighted by atomic mass is 32.1. The number of hydrogen-bond donors (Lipinski definition) is 1. The van der Waals surface area contributed by atoms with Gasteiger partial charge >= 0.3 is 8.80 Å². The van der Waals surface area contributed by atoms with Crippen LogP contribution in [0.1, 0.15) is 72.1 Å². The van der Waals surface area contributed by atoms with Crippen molar-refractivity contribution in [3.05, 3.63) is 48.5 Å². The third-order valence-corrected chi connectivity index (χ3v) is 9.90. The van der Waals surface area contributed by atoms with E-state index in [1.807, 2.05) is 32.9 Å². The summed E-state index contributed by atoms with van der Waals surface area (Å²) < 4.78 is 35.2. The number of benzene rings is 2. The second-order valence-electron chi connectivity index (χ2n) is 9.64. The van der Waals surface area contributed by atoms with Crippen LogP contribution in [0.3, 0.4) is 0 Å². The highest BCUT2D eigenvalue weighted by Gasteiger charge is 2.39. The molecule has 0 aliphatic heterocycles. The third-order valence-electron chi connectivity index (χ3n) is 6.43. The number of thiol groups is 1. The standard InChI is InChI=1S/C32H52O6SSi/c1-4-36-40(37-5-2,38-6-3)28-14-24-33-23-11-9-7-8-10-12-25-34-31-19-15-29(16-20-31)30-17-21-32(22-18-30)35-26-13-27-39/h15-22,39H,4-14,23-28H2,1-3H3. The normalized spacial score (nSPS) is 11.6. The highest BCUT2D eigenvalue weighted by molar-refractivity contribution is 7.80. The van der Waals surface area contributed by atoms with E-state index in [-0.39, 0.29) is 0 Å². The Morgan fingerprint density at radius 2 is 0.950 bits per heavy atom. The zero-order chi connectivity index (χ0) is 28.7. The zero-order valence-corrected chi connectivity index (χ0v) is 26.9. The molecule has 0 unspecified atom stereocenters. The van der Waals surface area contributed by atoms with Crippen LogP contribution in [0.2, 0.25) is 6.04 Å². The second kappa shape index (κ2) is 22.1. The molecule has 0 heterocycles. The van der Waals surface area contributed by atoms with Crippen LogP contribution in [-0.4, -0.2) is 60.8 Å². The van der Waals surface area contributed by atoms with Crippen molar-refractivity contribution in [2.24, 2.45) is 0 Å². The lowest BCUT2D eigenvalue weighted by atomic mass is 10.1. The van der Waals surface area contributed by atoms with E-state index >= 15 is 0 Å². The van der Waals surface area contributed by atoms with Gasteiger partial charge in [0.15, 0.2) is 0 Å². The van der Waals surface area contributed by atoms with Crippen LogP contribution in [0, 0.1) is 0 Å². The molecule has 6 nitrogen and oxygen atoms in total. The largest absolute Gasteiger partial charge is 0.501 e. The first-order chi connectivity index (χ1) is 19.7. The lowest BCUT2D eigenvalue weighted by Crippen LogP contribution is -2.46. The SMILES string of the molecule is CCO[Si](CCCOCCCCCCCCOc1ccc(-c2ccc(OCCCS)cc2)cc1)(OCC)OCC. The molecule has 0 aliphatic rings. The van der Waals surface area contributed by atoms with E-state index in [0.29, 0.717) is 26.4 Å². The van der Waals surface area contributed by atoms with Gasteiger partial charge in [0.1, 0.15) is 11.5 Å². The summed E-state index contributed by atoms with van der Waals surface area (Å²) in [6.45, 7) is 10.9. The summed E-state index contributed by atoms with van der Waals surface area (Å²) in [6.07, 6.45) is 8.94. The highest BCUT2D eigenvalue weighted by Crippen LogP contribution is 2.25. The first-order valence-electron chi connectivity index (χ1n) is 15.2. The maximum atomic E-state index is 5.95. The van der Waals surface area contributed by atoms with Crippen LogP contribution in [0.15, 0.2) is 48.5 Å². The van der Waals surface area contributed by atoms with Crippen molar-refractivity contribution in [1.82, 2.24) is 0 Å². The van der Waals surface area contributed by atoms with Crippen LogP contribution in [0.25, 0.3) is 11.1 Å². The van der Waals surface area contributed by atoms with Crippen molar-refractivity contribution in [2.75, 3.05) is 52.0 Å². The first-order valence-corrected chi connectivity index (χ1v) is 17.8. The van der Waals surface area contributed by atoms with E-state index in [4.69, 9.17) is 27.5 Å². The van der Waals surface area contributed by atoms with Gasteiger partial charge in [-0.15, -0.1) is 0 Å². The summed E-state index contributed by atoms with van der Waals surface area (Å²) in [5.74, 6) is 2.67. The molecule has 0 fully saturated rings. The molecule has 0 radical (unpaired) electrons. The number of ether oxygens (including phenoxy) is 3. The monoisotopic (exact) mass is 592 g/mol. The molecular weight excluding hydrogens is 540 g/mol. The van der Waals surface area contributed by atoms with Gasteiger partial charge in [0, 0.05) is 39.1 Å². The summed E-state index contributed by atoms with van der Waals surface area (Å²) in [6, 6.07) is 17.4. The number of hydrogen-bond acceptors (Lipinski definition) is 7. The molecule has 0 bridgehead atoms. The molecule has 8 heteroatoms. The van der Waals surface area contributed by atoms with Gasteiger partial charge in [-0.1, -0.05) is 49.9 Å². The van der Waals surface area contributed by atoms with E-state index in [1.165, 1.54) is 36.8 Å². The Bertz CT molecular complexity index is 848. The first kappa shape index (κ1) is 34.6. The summed E-state index contributed by atoms with van der Waals surface area (Å²) in [7, 11) is -2.53. The molecule has 0 amide bonds. The van der Waals surface area contributed by atoms with Gasteiger partial charge in [0.25, 0.3) is 0 Å². The Kier molecular flexibility index (Phi) is 19.1. The summed E-state index contributed by atoms with van der Waals surface area (Å²) >= 11 is 4.21. The zero-order valence-electron chi connectivity index (χ0n) is 25.0. The van der Waals surface area contributed by atoms with Crippen LogP contribution < -0.4 is 9.47 Å². The molecule has 0 N–H and O–H groups in total. The molecular formula is C32H52O6SSi. The van der Waals surface area contributed by atoms with Crippen LogP contribution in [0.4, 0.5) is 0 Å². The van der Waals surface area contributed by atoms with E-state index in [9.17, 15) is 0 Å². The average molecular weight is 593 g/mol. The van der Waals surface area contributed by atoms with Crippen LogP contribution in [0.5, 0.6) is 11.5 Å². The summed E-state index contributed by atoms with van der Waals surface area (Å²) in [4.78, 5) is 0. The fourth-order valence-electron chi connectivity index (χ4n) is 4.44. The second-order valence-corrected chi connectivity index (χ2v) is 12.8. The molecule has 0 spiro atoms. The topological polar surface area (TPSA) is 55.4 Å². The Hall–Kier alpha value is -1.55. The predicted octanol–water partition coefficient (Wildman–Crippen LogP) is 8.23. The minimum atomic E-state index is -2.53. The molecule has 40 heavy (non-hydrogen) atoms. The average Bonchev–Trinajstić information content (AvgIpc) is 2.97. The van der Waals surface area contributed by atoms with Gasteiger partial charge in [-0.3, -0.25) is 0 Å². The van der Waals surface area contributed by atoms with Gasteiger partial charge in [0.05, 0.1) is 13.2 Å². The minimum Gasteiger partial charge on any atom is -0.494 e. The Labute approximate surface area is 249 Å². The van der Waals surface area contributed by atoms with Crippen LogP contribution in [-0.2, 0) is 18.0 Å². The van der Waals surface area contributed by atoms with Crippen molar-refractivity contribution in [2.45, 2.75) is 78.2 Å². The molecule has 2 aromatic rings. The van der Waals surface area contributed by atoms with Gasteiger partial charge in [-0.05, 0) is 87.6 Å². The lowest BCUT2D eigenvalue weighted by molar-refractivity contribution is 0.0657. The van der Waals surface area contributed by atoms with E-state index in [0.717, 1.165) is 68.8 Å². The fraction of sp³-hybridized carbons (Fsp3) is 0.625. The quantitative estimate of drug-likeness (QED) is 0.0712. The van der Waals surface area contributed by atoms with Crippen molar-refractivity contribution >= 4 is 21.4 Å². The molecule has 2 rings (SSSR count). The lowest BCUT2D eigenvalue weighted by Gasteiger charge is -2.28. The summed E-state index contributed by atoms with van der Waals surface area (Å²) in [5.41, 5.74) is 2.35. The Morgan fingerprint density at radius 1 is 0.525 bits per heavy atom. The maximum Gasteiger partial charge on any atom is 0.501 e. The number of unbranched alkanes of at least 4 members (excludes halogenated alkanes) is 5.